The molecule has 7 nitrogen and oxygen atoms in total. The molecule has 3 aromatic rings. The molecule has 0 aliphatic carbocycles. The molecule has 0 bridgehead atoms. The van der Waals surface area contributed by atoms with Crippen LogP contribution in [0.4, 0.5) is 19.0 Å². The minimum absolute atomic E-state index is 0.0869. The van der Waals surface area contributed by atoms with Gasteiger partial charge in [0.15, 0.2) is 0 Å². The lowest BCUT2D eigenvalue weighted by Crippen LogP contribution is -2.15. The van der Waals surface area contributed by atoms with Crippen LogP contribution in [0.5, 0.6) is 0 Å². The van der Waals surface area contributed by atoms with Gasteiger partial charge in [0.25, 0.3) is 10.0 Å². The summed E-state index contributed by atoms with van der Waals surface area (Å²) in [6, 6.07) is 4.76. The zero-order chi connectivity index (χ0) is 18.1. The average Bonchev–Trinajstić information content (AvgIpc) is 3.08. The minimum Gasteiger partial charge on any atom is -0.290 e. The highest BCUT2D eigenvalue weighted by Crippen LogP contribution is 2.30. The number of hydrogen-bond donors (Lipinski definition) is 1. The molecule has 0 saturated heterocycles. The Morgan fingerprint density at radius 3 is 2.60 bits per heavy atom. The third-order valence-corrected chi connectivity index (χ3v) is 4.48. The molecule has 2 heterocycles. The quantitative estimate of drug-likeness (QED) is 0.763. The van der Waals surface area contributed by atoms with Crippen LogP contribution in [0.15, 0.2) is 60.3 Å². The van der Waals surface area contributed by atoms with Gasteiger partial charge in [0.1, 0.15) is 24.3 Å². The molecule has 0 radical (unpaired) electrons. The maximum absolute atomic E-state index is 12.7. The minimum atomic E-state index is -4.64. The van der Waals surface area contributed by atoms with E-state index < -0.39 is 26.7 Å². The molecule has 1 aromatic carbocycles. The summed E-state index contributed by atoms with van der Waals surface area (Å²) in [5.74, 6) is 0.255. The Balaban J connectivity index is 1.91. The van der Waals surface area contributed by atoms with E-state index in [1.54, 1.807) is 6.20 Å². The van der Waals surface area contributed by atoms with Crippen LogP contribution in [0, 0.1) is 0 Å². The van der Waals surface area contributed by atoms with Crippen molar-refractivity contribution in [3.63, 3.8) is 0 Å². The van der Waals surface area contributed by atoms with Gasteiger partial charge in [0, 0.05) is 18.5 Å². The Labute approximate surface area is 140 Å². The summed E-state index contributed by atoms with van der Waals surface area (Å²) in [5.41, 5.74) is -1.06. The number of aromatic nitrogens is 4. The zero-order valence-electron chi connectivity index (χ0n) is 12.3. The molecule has 0 aliphatic rings. The van der Waals surface area contributed by atoms with Crippen molar-refractivity contribution >= 4 is 15.8 Å². The third-order valence-electron chi connectivity index (χ3n) is 3.13. The number of benzene rings is 1. The standard InChI is InChI=1S/C14H10F3N5O2S/c15-14(16,17)10-2-1-3-11(6-10)25(23,24)21-12-7-13(20-8-19-12)22-5-4-18-9-22/h1-9H,(H,19,20,21). The largest absolute Gasteiger partial charge is 0.416 e. The van der Waals surface area contributed by atoms with Crippen LogP contribution in [0.1, 0.15) is 5.56 Å². The molecule has 0 saturated carbocycles. The zero-order valence-corrected chi connectivity index (χ0v) is 13.2. The number of nitrogens with zero attached hydrogens (tertiary/aromatic N) is 4. The van der Waals surface area contributed by atoms with E-state index in [-0.39, 0.29) is 5.82 Å². The van der Waals surface area contributed by atoms with E-state index in [2.05, 4.69) is 19.7 Å². The summed E-state index contributed by atoms with van der Waals surface area (Å²) in [6.07, 6.45) is 1.03. The number of halogens is 3. The van der Waals surface area contributed by atoms with Crippen molar-refractivity contribution in [2.24, 2.45) is 0 Å². The summed E-state index contributed by atoms with van der Waals surface area (Å²) >= 11 is 0. The lowest BCUT2D eigenvalue weighted by molar-refractivity contribution is -0.137. The highest BCUT2D eigenvalue weighted by molar-refractivity contribution is 7.92. The van der Waals surface area contributed by atoms with Gasteiger partial charge in [-0.25, -0.2) is 23.4 Å². The first-order valence-electron chi connectivity index (χ1n) is 6.76. The first-order valence-corrected chi connectivity index (χ1v) is 8.24. The van der Waals surface area contributed by atoms with E-state index in [1.807, 2.05) is 0 Å². The van der Waals surface area contributed by atoms with Crippen LogP contribution in [-0.2, 0) is 16.2 Å². The molecule has 1 N–H and O–H groups in total. The molecule has 25 heavy (non-hydrogen) atoms. The van der Waals surface area contributed by atoms with Crippen molar-refractivity contribution in [1.82, 2.24) is 19.5 Å². The van der Waals surface area contributed by atoms with E-state index in [0.29, 0.717) is 11.9 Å². The van der Waals surface area contributed by atoms with Crippen molar-refractivity contribution in [3.05, 3.63) is 60.9 Å². The second kappa shape index (κ2) is 6.16. The van der Waals surface area contributed by atoms with Crippen molar-refractivity contribution in [2.75, 3.05) is 4.72 Å². The van der Waals surface area contributed by atoms with Crippen LogP contribution in [0.25, 0.3) is 5.82 Å². The molecule has 11 heteroatoms. The normalized spacial score (nSPS) is 12.1. The van der Waals surface area contributed by atoms with Gasteiger partial charge in [0.2, 0.25) is 0 Å². The first kappa shape index (κ1) is 16.9. The lowest BCUT2D eigenvalue weighted by atomic mass is 10.2. The van der Waals surface area contributed by atoms with E-state index in [9.17, 15) is 21.6 Å². The van der Waals surface area contributed by atoms with Gasteiger partial charge >= 0.3 is 6.18 Å². The van der Waals surface area contributed by atoms with Gasteiger partial charge in [-0.1, -0.05) is 6.07 Å². The molecule has 3 rings (SSSR count). The summed E-state index contributed by atoms with van der Waals surface area (Å²) < 4.78 is 66.5. The predicted octanol–water partition coefficient (Wildman–Crippen LogP) is 2.48. The molecule has 0 unspecified atom stereocenters. The predicted molar refractivity (Wildman–Crippen MR) is 81.4 cm³/mol. The first-order chi connectivity index (χ1) is 11.8. The van der Waals surface area contributed by atoms with Gasteiger partial charge in [-0.2, -0.15) is 13.2 Å². The van der Waals surface area contributed by atoms with Crippen molar-refractivity contribution in [3.8, 4) is 5.82 Å². The fourth-order valence-electron chi connectivity index (χ4n) is 1.97. The van der Waals surface area contributed by atoms with Crippen LogP contribution >= 0.6 is 0 Å². The van der Waals surface area contributed by atoms with Gasteiger partial charge < -0.3 is 0 Å². The molecular weight excluding hydrogens is 359 g/mol. The van der Waals surface area contributed by atoms with Gasteiger partial charge in [0.05, 0.1) is 10.5 Å². The Bertz CT molecular complexity index is 988. The Morgan fingerprint density at radius 2 is 1.92 bits per heavy atom. The molecule has 0 aliphatic heterocycles. The number of imidazole rings is 1. The maximum Gasteiger partial charge on any atom is 0.416 e. The summed E-state index contributed by atoms with van der Waals surface area (Å²) in [5, 5.41) is 0. The van der Waals surface area contributed by atoms with Crippen LogP contribution < -0.4 is 4.72 Å². The Hall–Kier alpha value is -2.95. The second-order valence-corrected chi connectivity index (χ2v) is 6.54. The number of sulfonamides is 1. The molecule has 0 spiro atoms. The highest BCUT2D eigenvalue weighted by Gasteiger charge is 2.31. The van der Waals surface area contributed by atoms with E-state index >= 15 is 0 Å². The summed E-state index contributed by atoms with van der Waals surface area (Å²) in [6.45, 7) is 0. The van der Waals surface area contributed by atoms with Crippen LogP contribution in [-0.4, -0.2) is 27.9 Å². The van der Waals surface area contributed by atoms with Crippen molar-refractivity contribution in [1.29, 1.82) is 0 Å². The van der Waals surface area contributed by atoms with Crippen LogP contribution in [0.3, 0.4) is 0 Å². The van der Waals surface area contributed by atoms with Crippen molar-refractivity contribution in [2.45, 2.75) is 11.1 Å². The Kier molecular flexibility index (Phi) is 4.17. The number of rotatable bonds is 4. The van der Waals surface area contributed by atoms with Crippen molar-refractivity contribution < 1.29 is 21.6 Å². The SMILES string of the molecule is O=S(=O)(Nc1cc(-n2ccnc2)ncn1)c1cccc(C(F)(F)F)c1. The number of anilines is 1. The fraction of sp³-hybridized carbons (Fsp3) is 0.0714. The smallest absolute Gasteiger partial charge is 0.290 e. The van der Waals surface area contributed by atoms with Gasteiger partial charge in [-0.05, 0) is 18.2 Å². The average molecular weight is 369 g/mol. The molecule has 0 atom stereocenters. The highest BCUT2D eigenvalue weighted by atomic mass is 32.2. The van der Waals surface area contributed by atoms with Gasteiger partial charge in [-0.15, -0.1) is 0 Å². The third kappa shape index (κ3) is 3.76. The number of alkyl halides is 3. The fourth-order valence-corrected chi connectivity index (χ4v) is 3.02. The van der Waals surface area contributed by atoms with Gasteiger partial charge in [-0.3, -0.25) is 9.29 Å². The molecule has 0 amide bonds. The molecular formula is C14H10F3N5O2S. The summed E-state index contributed by atoms with van der Waals surface area (Å²) in [7, 11) is -4.25. The van der Waals surface area contributed by atoms with Crippen LogP contribution in [0.2, 0.25) is 0 Å². The summed E-state index contributed by atoms with van der Waals surface area (Å²) in [4.78, 5) is 11.1. The molecule has 0 fully saturated rings. The topological polar surface area (TPSA) is 89.8 Å². The number of hydrogen-bond acceptors (Lipinski definition) is 5. The molecule has 130 valence electrons. The van der Waals surface area contributed by atoms with E-state index in [1.165, 1.54) is 23.2 Å². The monoisotopic (exact) mass is 369 g/mol. The maximum atomic E-state index is 12.7. The van der Waals surface area contributed by atoms with E-state index in [4.69, 9.17) is 0 Å². The number of nitrogens with one attached hydrogen (secondary N) is 1. The second-order valence-electron chi connectivity index (χ2n) is 4.86. The van der Waals surface area contributed by atoms with E-state index in [0.717, 1.165) is 24.5 Å². The Morgan fingerprint density at radius 1 is 1.12 bits per heavy atom. The lowest BCUT2D eigenvalue weighted by Gasteiger charge is -2.11. The molecule has 2 aromatic heterocycles.